The van der Waals surface area contributed by atoms with Gasteiger partial charge in [-0.05, 0) is 92.9 Å². The fourth-order valence-corrected chi connectivity index (χ4v) is 6.03. The van der Waals surface area contributed by atoms with Crippen molar-refractivity contribution < 1.29 is 10.2 Å². The molecule has 0 bridgehead atoms. The average molecular weight is 551 g/mol. The number of rotatable bonds is 14. The summed E-state index contributed by atoms with van der Waals surface area (Å²) in [5.74, 6) is 0. The van der Waals surface area contributed by atoms with E-state index in [0.29, 0.717) is 0 Å². The summed E-state index contributed by atoms with van der Waals surface area (Å²) >= 11 is 3.51. The summed E-state index contributed by atoms with van der Waals surface area (Å²) in [7, 11) is 0. The van der Waals surface area contributed by atoms with Crippen molar-refractivity contribution in [1.82, 2.24) is 0 Å². The predicted molar refractivity (Wildman–Crippen MR) is 161 cm³/mol. The predicted octanol–water partition coefficient (Wildman–Crippen LogP) is 7.19. The van der Waals surface area contributed by atoms with E-state index in [1.165, 1.54) is 4.88 Å². The zero-order chi connectivity index (χ0) is 27.9. The minimum absolute atomic E-state index is 0.0216. The summed E-state index contributed by atoms with van der Waals surface area (Å²) in [6.07, 6.45) is 11.0. The van der Waals surface area contributed by atoms with Gasteiger partial charge in [0.05, 0.1) is 0 Å². The Morgan fingerprint density at radius 3 is 1.41 bits per heavy atom. The first-order valence-electron chi connectivity index (χ1n) is 13.9. The van der Waals surface area contributed by atoms with Crippen molar-refractivity contribution in [3.63, 3.8) is 0 Å². The van der Waals surface area contributed by atoms with Gasteiger partial charge in [0.2, 0.25) is 0 Å². The normalized spacial score (nSPS) is 13.1. The molecule has 0 saturated carbocycles. The van der Waals surface area contributed by atoms with Gasteiger partial charge in [-0.15, -0.1) is 22.7 Å². The Kier molecular flexibility index (Phi) is 15.7. The molecule has 2 N–H and O–H groups in total. The van der Waals surface area contributed by atoms with E-state index in [1.807, 2.05) is 20.8 Å². The highest BCUT2D eigenvalue weighted by molar-refractivity contribution is 7.11. The Labute approximate surface area is 232 Å². The first kappa shape index (κ1) is 33.7. The molecule has 210 valence electrons. The van der Waals surface area contributed by atoms with Gasteiger partial charge < -0.3 is 10.2 Å². The largest absolute Gasteiger partial charge is 0.396 e. The van der Waals surface area contributed by atoms with Gasteiger partial charge in [0, 0.05) is 32.7 Å². The van der Waals surface area contributed by atoms with Gasteiger partial charge in [-0.25, -0.2) is 0 Å². The molecule has 0 saturated heterocycles. The van der Waals surface area contributed by atoms with Gasteiger partial charge >= 0.3 is 0 Å². The molecular formula is C31H50O4S2. The molecule has 0 spiro atoms. The van der Waals surface area contributed by atoms with Crippen molar-refractivity contribution >= 4 is 22.7 Å². The number of unbranched alkanes of at least 4 members (excludes halogenated alkanes) is 2. The lowest BCUT2D eigenvalue weighted by molar-refractivity contribution is 0.125. The molecule has 0 radical (unpaired) electrons. The van der Waals surface area contributed by atoms with Crippen molar-refractivity contribution in [2.24, 2.45) is 10.8 Å². The van der Waals surface area contributed by atoms with Gasteiger partial charge in [-0.2, -0.15) is 0 Å². The Bertz CT molecular complexity index is 1010. The summed E-state index contributed by atoms with van der Waals surface area (Å²) in [5.41, 5.74) is 0.337. The Balaban J connectivity index is 0.00000102. The molecule has 6 heteroatoms. The van der Waals surface area contributed by atoms with Crippen LogP contribution < -0.4 is 10.9 Å². The molecule has 0 amide bonds. The van der Waals surface area contributed by atoms with Crippen molar-refractivity contribution in [2.45, 2.75) is 112 Å². The molecule has 0 aliphatic carbocycles. The molecule has 37 heavy (non-hydrogen) atoms. The minimum atomic E-state index is 0.0216. The zero-order valence-electron chi connectivity index (χ0n) is 24.0. The Hall–Kier alpha value is -1.34. The molecular weight excluding hydrogens is 500 g/mol. The molecule has 0 aromatic carbocycles. The van der Waals surface area contributed by atoms with Crippen LogP contribution in [0.5, 0.6) is 0 Å². The summed E-state index contributed by atoms with van der Waals surface area (Å²) in [4.78, 5) is 28.8. The monoisotopic (exact) mass is 550 g/mol. The number of hydrogen-bond donors (Lipinski definition) is 2. The maximum atomic E-state index is 12.2. The molecule has 2 aromatic heterocycles. The van der Waals surface area contributed by atoms with Gasteiger partial charge in [-0.3, -0.25) is 9.59 Å². The average Bonchev–Trinajstić information content (AvgIpc) is 2.84. The van der Waals surface area contributed by atoms with Crippen LogP contribution in [0.2, 0.25) is 0 Å². The van der Waals surface area contributed by atoms with Crippen LogP contribution in [0, 0.1) is 10.8 Å². The van der Waals surface area contributed by atoms with E-state index < -0.39 is 0 Å². The lowest BCUT2D eigenvalue weighted by atomic mass is 9.83. The van der Waals surface area contributed by atoms with Crippen LogP contribution in [0.1, 0.15) is 106 Å². The third-order valence-corrected chi connectivity index (χ3v) is 8.86. The van der Waals surface area contributed by atoms with Gasteiger partial charge in [0.15, 0.2) is 10.9 Å². The fourth-order valence-electron chi connectivity index (χ4n) is 3.67. The van der Waals surface area contributed by atoms with Crippen molar-refractivity contribution in [3.05, 3.63) is 64.2 Å². The highest BCUT2D eigenvalue weighted by Gasteiger charge is 2.20. The van der Waals surface area contributed by atoms with E-state index in [4.69, 9.17) is 5.11 Å². The van der Waals surface area contributed by atoms with E-state index in [-0.39, 0.29) is 34.9 Å². The second-order valence-electron chi connectivity index (χ2n) is 11.7. The van der Waals surface area contributed by atoms with Crippen LogP contribution in [-0.4, -0.2) is 23.4 Å². The molecule has 2 rings (SSSR count). The fraction of sp³-hybridized carbons (Fsp3) is 0.677. The third kappa shape index (κ3) is 15.0. The minimum Gasteiger partial charge on any atom is -0.396 e. The topological polar surface area (TPSA) is 74.6 Å². The van der Waals surface area contributed by atoms with E-state index in [9.17, 15) is 14.7 Å². The molecule has 0 fully saturated rings. The van der Waals surface area contributed by atoms with Gasteiger partial charge in [0.25, 0.3) is 0 Å². The van der Waals surface area contributed by atoms with Gasteiger partial charge in [0.1, 0.15) is 0 Å². The third-order valence-electron chi connectivity index (χ3n) is 6.52. The molecule has 0 aliphatic rings. The molecule has 1 unspecified atom stereocenters. The van der Waals surface area contributed by atoms with Crippen LogP contribution in [0.3, 0.4) is 0 Å². The highest BCUT2D eigenvalue weighted by Crippen LogP contribution is 2.28. The maximum absolute atomic E-state index is 12.2. The molecule has 2 aromatic rings. The standard InChI is InChI=1S/C26H38O3S2.C5H12O/c1-4-6-10-22-15-20(28)17-24(30-22)12-9-13-25-18-21(29)16-23(31-25)11-7-8-14-26(3,5-2)19-27;1-5(2,3)4-6/h15-18,27H,4-14,19H2,1-3H3;6H,4H2,1-3H3. The van der Waals surface area contributed by atoms with Crippen LogP contribution >= 0.6 is 22.7 Å². The van der Waals surface area contributed by atoms with Crippen molar-refractivity contribution in [1.29, 1.82) is 0 Å². The van der Waals surface area contributed by atoms with E-state index in [0.717, 1.165) is 85.3 Å². The van der Waals surface area contributed by atoms with E-state index in [2.05, 4.69) is 20.8 Å². The molecule has 0 aliphatic heterocycles. The first-order valence-corrected chi connectivity index (χ1v) is 15.5. The highest BCUT2D eigenvalue weighted by atomic mass is 32.1. The molecule has 1 atom stereocenters. The molecule has 2 heterocycles. The quantitative estimate of drug-likeness (QED) is 0.244. The van der Waals surface area contributed by atoms with Crippen LogP contribution in [0.4, 0.5) is 0 Å². The maximum Gasteiger partial charge on any atom is 0.180 e. The zero-order valence-corrected chi connectivity index (χ0v) is 25.7. The number of aryl methyl sites for hydroxylation is 4. The number of aliphatic hydroxyl groups excluding tert-OH is 2. The lowest BCUT2D eigenvalue weighted by Crippen LogP contribution is -2.20. The summed E-state index contributed by atoms with van der Waals surface area (Å²) in [5, 5.41) is 18.0. The summed E-state index contributed by atoms with van der Waals surface area (Å²) in [6.45, 7) is 12.9. The Morgan fingerprint density at radius 2 is 1.05 bits per heavy atom. The van der Waals surface area contributed by atoms with E-state index >= 15 is 0 Å². The van der Waals surface area contributed by atoms with Crippen LogP contribution in [-0.2, 0) is 25.7 Å². The molecule has 4 nitrogen and oxygen atoms in total. The van der Waals surface area contributed by atoms with Gasteiger partial charge in [-0.1, -0.05) is 54.4 Å². The van der Waals surface area contributed by atoms with Crippen molar-refractivity contribution in [3.8, 4) is 0 Å². The SMILES string of the molecule is CC(C)(C)CO.CCCCc1cc(=O)cc(CCCc2cc(=O)cc(CCCCC(C)(CC)CO)s2)s1. The lowest BCUT2D eigenvalue weighted by Gasteiger charge is -2.25. The van der Waals surface area contributed by atoms with Crippen molar-refractivity contribution in [2.75, 3.05) is 13.2 Å². The smallest absolute Gasteiger partial charge is 0.180 e. The van der Waals surface area contributed by atoms with Crippen LogP contribution in [0.25, 0.3) is 0 Å². The summed E-state index contributed by atoms with van der Waals surface area (Å²) < 4.78 is 0. The number of hydrogen-bond acceptors (Lipinski definition) is 6. The number of aliphatic hydroxyl groups is 2. The van der Waals surface area contributed by atoms with Crippen LogP contribution in [0.15, 0.2) is 33.9 Å². The Morgan fingerprint density at radius 1 is 0.649 bits per heavy atom. The van der Waals surface area contributed by atoms with E-state index in [1.54, 1.807) is 46.9 Å². The summed E-state index contributed by atoms with van der Waals surface area (Å²) in [6, 6.07) is 7.11. The first-order chi connectivity index (χ1) is 17.4. The second kappa shape index (κ2) is 17.3. The second-order valence-corrected chi connectivity index (χ2v) is 14.2.